The van der Waals surface area contributed by atoms with Gasteiger partial charge in [-0.05, 0) is 18.2 Å². The van der Waals surface area contributed by atoms with E-state index in [0.717, 1.165) is 0 Å². The summed E-state index contributed by atoms with van der Waals surface area (Å²) in [6, 6.07) is 5.17. The largest absolute Gasteiger partial charge is 0.382 e. The Morgan fingerprint density at radius 1 is 1.26 bits per heavy atom. The molecule has 0 radical (unpaired) electrons. The Balaban J connectivity index is 2.07. The maximum atomic E-state index is 6.11. The first-order valence-electron chi connectivity index (χ1n) is 5.45. The third-order valence-electron chi connectivity index (χ3n) is 2.58. The van der Waals surface area contributed by atoms with Crippen molar-refractivity contribution in [3.63, 3.8) is 0 Å². The Morgan fingerprint density at radius 2 is 2.11 bits per heavy atom. The molecule has 0 saturated carbocycles. The van der Waals surface area contributed by atoms with E-state index in [4.69, 9.17) is 28.9 Å². The van der Waals surface area contributed by atoms with Crippen molar-refractivity contribution in [2.45, 2.75) is 0 Å². The molecule has 2 aromatic heterocycles. The zero-order chi connectivity index (χ0) is 13.4. The van der Waals surface area contributed by atoms with Crippen LogP contribution in [0.4, 0.5) is 17.3 Å². The molecule has 0 amide bonds. The van der Waals surface area contributed by atoms with Crippen molar-refractivity contribution in [2.75, 3.05) is 11.1 Å². The van der Waals surface area contributed by atoms with Crippen LogP contribution in [0.15, 0.2) is 36.8 Å². The zero-order valence-corrected chi connectivity index (χ0v) is 11.2. The summed E-state index contributed by atoms with van der Waals surface area (Å²) in [5.41, 5.74) is 7.10. The van der Waals surface area contributed by atoms with Crippen molar-refractivity contribution in [3.05, 3.63) is 46.8 Å². The van der Waals surface area contributed by atoms with Gasteiger partial charge in [-0.25, -0.2) is 9.97 Å². The van der Waals surface area contributed by atoms with Crippen LogP contribution in [0.2, 0.25) is 10.0 Å². The number of aromatic nitrogens is 3. The van der Waals surface area contributed by atoms with E-state index in [-0.39, 0.29) is 0 Å². The van der Waals surface area contributed by atoms with Gasteiger partial charge in [0.1, 0.15) is 5.82 Å². The lowest BCUT2D eigenvalue weighted by molar-refractivity contribution is 1.14. The smallest absolute Gasteiger partial charge is 0.180 e. The van der Waals surface area contributed by atoms with E-state index in [0.29, 0.717) is 33.0 Å². The number of nitrogens with zero attached hydrogens (tertiary/aromatic N) is 3. The molecule has 0 fully saturated rings. The Labute approximate surface area is 119 Å². The van der Waals surface area contributed by atoms with Crippen molar-refractivity contribution in [1.82, 2.24) is 14.4 Å². The number of rotatable bonds is 2. The molecule has 0 saturated heterocycles. The standard InChI is InChI=1S/C12H9Cl2N5/c13-7-1-2-9(8(14)5-7)17-11-12-16-3-4-19(12)6-10(15)18-11/h1-6H,15H2,(H,17,18). The number of hydrogen-bond donors (Lipinski definition) is 2. The fourth-order valence-corrected chi connectivity index (χ4v) is 2.21. The van der Waals surface area contributed by atoms with Gasteiger partial charge in [-0.1, -0.05) is 23.2 Å². The van der Waals surface area contributed by atoms with Gasteiger partial charge in [-0.15, -0.1) is 0 Å². The molecule has 3 rings (SSSR count). The number of nitrogen functional groups attached to an aromatic ring is 1. The summed E-state index contributed by atoms with van der Waals surface area (Å²) in [5, 5.41) is 4.18. The second-order valence-electron chi connectivity index (χ2n) is 3.92. The molecule has 0 aliphatic rings. The molecule has 0 bridgehead atoms. The number of halogens is 2. The van der Waals surface area contributed by atoms with Crippen LogP contribution in [0, 0.1) is 0 Å². The summed E-state index contributed by atoms with van der Waals surface area (Å²) in [5.74, 6) is 0.923. The van der Waals surface area contributed by atoms with Crippen molar-refractivity contribution >= 4 is 46.2 Å². The molecule has 96 valence electrons. The Kier molecular flexibility index (Phi) is 2.93. The summed E-state index contributed by atoms with van der Waals surface area (Å²) in [6.45, 7) is 0. The minimum Gasteiger partial charge on any atom is -0.382 e. The third kappa shape index (κ3) is 2.30. The van der Waals surface area contributed by atoms with Crippen LogP contribution in [0.3, 0.4) is 0 Å². The molecular formula is C12H9Cl2N5. The number of imidazole rings is 1. The van der Waals surface area contributed by atoms with Gasteiger partial charge in [0.2, 0.25) is 0 Å². The predicted molar refractivity (Wildman–Crippen MR) is 77.1 cm³/mol. The molecule has 5 nitrogen and oxygen atoms in total. The quantitative estimate of drug-likeness (QED) is 0.760. The number of nitrogens with two attached hydrogens (primary N) is 1. The fourth-order valence-electron chi connectivity index (χ4n) is 1.75. The van der Waals surface area contributed by atoms with E-state index >= 15 is 0 Å². The molecule has 3 N–H and O–H groups in total. The fraction of sp³-hybridized carbons (Fsp3) is 0. The highest BCUT2D eigenvalue weighted by atomic mass is 35.5. The van der Waals surface area contributed by atoms with E-state index in [1.54, 1.807) is 41.2 Å². The highest BCUT2D eigenvalue weighted by molar-refractivity contribution is 6.36. The van der Waals surface area contributed by atoms with Crippen LogP contribution >= 0.6 is 23.2 Å². The van der Waals surface area contributed by atoms with Crippen molar-refractivity contribution < 1.29 is 0 Å². The summed E-state index contributed by atoms with van der Waals surface area (Å²) in [6.07, 6.45) is 5.16. The molecule has 2 heterocycles. The molecule has 0 aliphatic carbocycles. The van der Waals surface area contributed by atoms with Crippen LogP contribution in [0.1, 0.15) is 0 Å². The van der Waals surface area contributed by atoms with Gasteiger partial charge in [0.15, 0.2) is 11.5 Å². The maximum Gasteiger partial charge on any atom is 0.180 e. The molecule has 7 heteroatoms. The molecule has 1 aromatic carbocycles. The number of benzene rings is 1. The third-order valence-corrected chi connectivity index (χ3v) is 3.12. The lowest BCUT2D eigenvalue weighted by Crippen LogP contribution is -2.02. The van der Waals surface area contributed by atoms with Crippen LogP contribution in [-0.4, -0.2) is 14.4 Å². The number of hydrogen-bond acceptors (Lipinski definition) is 4. The van der Waals surface area contributed by atoms with Gasteiger partial charge in [0.05, 0.1) is 16.9 Å². The van der Waals surface area contributed by atoms with Gasteiger partial charge < -0.3 is 15.5 Å². The maximum absolute atomic E-state index is 6.11. The first-order chi connectivity index (χ1) is 9.13. The summed E-state index contributed by atoms with van der Waals surface area (Å²) in [7, 11) is 0. The molecule has 3 aromatic rings. The normalized spacial score (nSPS) is 10.8. The minimum atomic E-state index is 0.387. The monoisotopic (exact) mass is 293 g/mol. The van der Waals surface area contributed by atoms with E-state index in [1.807, 2.05) is 0 Å². The molecular weight excluding hydrogens is 285 g/mol. The van der Waals surface area contributed by atoms with Crippen molar-refractivity contribution in [1.29, 1.82) is 0 Å². The average molecular weight is 294 g/mol. The minimum absolute atomic E-state index is 0.387. The zero-order valence-electron chi connectivity index (χ0n) is 9.64. The van der Waals surface area contributed by atoms with E-state index < -0.39 is 0 Å². The second kappa shape index (κ2) is 4.60. The molecule has 0 unspecified atom stereocenters. The first-order valence-corrected chi connectivity index (χ1v) is 6.20. The molecule has 0 spiro atoms. The van der Waals surface area contributed by atoms with Crippen molar-refractivity contribution in [3.8, 4) is 0 Å². The van der Waals surface area contributed by atoms with Crippen LogP contribution < -0.4 is 11.1 Å². The SMILES string of the molecule is Nc1cn2ccnc2c(Nc2ccc(Cl)cc2Cl)n1. The van der Waals surface area contributed by atoms with E-state index in [9.17, 15) is 0 Å². The first kappa shape index (κ1) is 12.1. The van der Waals surface area contributed by atoms with Gasteiger partial charge in [0.25, 0.3) is 0 Å². The van der Waals surface area contributed by atoms with Crippen LogP contribution in [-0.2, 0) is 0 Å². The molecule has 0 aliphatic heterocycles. The lowest BCUT2D eigenvalue weighted by atomic mass is 10.3. The van der Waals surface area contributed by atoms with E-state index in [2.05, 4.69) is 15.3 Å². The highest BCUT2D eigenvalue weighted by Crippen LogP contribution is 2.29. The highest BCUT2D eigenvalue weighted by Gasteiger charge is 2.08. The Bertz CT molecular complexity index is 753. The van der Waals surface area contributed by atoms with Crippen LogP contribution in [0.25, 0.3) is 5.65 Å². The number of nitrogens with one attached hydrogen (secondary N) is 1. The summed E-state index contributed by atoms with van der Waals surface area (Å²) in [4.78, 5) is 8.44. The topological polar surface area (TPSA) is 68.2 Å². The van der Waals surface area contributed by atoms with Gasteiger partial charge in [0, 0.05) is 17.4 Å². The van der Waals surface area contributed by atoms with Crippen molar-refractivity contribution in [2.24, 2.45) is 0 Å². The van der Waals surface area contributed by atoms with Gasteiger partial charge in [-0.2, -0.15) is 0 Å². The molecule has 19 heavy (non-hydrogen) atoms. The van der Waals surface area contributed by atoms with E-state index in [1.165, 1.54) is 0 Å². The molecule has 0 atom stereocenters. The summed E-state index contributed by atoms with van der Waals surface area (Å²) < 4.78 is 1.79. The van der Waals surface area contributed by atoms with Gasteiger partial charge in [-0.3, -0.25) is 0 Å². The lowest BCUT2D eigenvalue weighted by Gasteiger charge is -2.09. The predicted octanol–water partition coefficient (Wildman–Crippen LogP) is 3.36. The number of anilines is 3. The average Bonchev–Trinajstić information content (AvgIpc) is 2.80. The van der Waals surface area contributed by atoms with Crippen LogP contribution in [0.5, 0.6) is 0 Å². The summed E-state index contributed by atoms with van der Waals surface area (Å²) >= 11 is 12.0. The Hall–Kier alpha value is -1.98. The number of fused-ring (bicyclic) bond motifs is 1. The Morgan fingerprint density at radius 3 is 2.89 bits per heavy atom. The second-order valence-corrected chi connectivity index (χ2v) is 4.77. The van der Waals surface area contributed by atoms with Gasteiger partial charge >= 0.3 is 0 Å².